The molecule has 1 atom stereocenters. The van der Waals surface area contributed by atoms with Crippen LogP contribution in [0, 0.1) is 5.41 Å². The van der Waals surface area contributed by atoms with Gasteiger partial charge in [-0.05, 0) is 26.7 Å². The first-order chi connectivity index (χ1) is 6.57. The molecule has 0 aromatic heterocycles. The Morgan fingerprint density at radius 1 is 1.64 bits per heavy atom. The highest BCUT2D eigenvalue weighted by molar-refractivity contribution is 5.75. The quantitative estimate of drug-likeness (QED) is 0.730. The van der Waals surface area contributed by atoms with Crippen LogP contribution in [0.5, 0.6) is 0 Å². The molecule has 1 rings (SSSR count). The Hall–Kier alpha value is -0.610. The lowest BCUT2D eigenvalue weighted by molar-refractivity contribution is -0.150. The van der Waals surface area contributed by atoms with E-state index in [-0.39, 0.29) is 6.10 Å². The van der Waals surface area contributed by atoms with Crippen molar-refractivity contribution < 1.29 is 19.4 Å². The molecule has 0 amide bonds. The Morgan fingerprint density at radius 3 is 2.79 bits per heavy atom. The standard InChI is InChI=1S/C10H18O4/c1-8(2)14-6-4-10(9(11)12)3-5-13-7-10/h8H,3-7H2,1-2H3,(H,11,12). The van der Waals surface area contributed by atoms with Gasteiger partial charge in [-0.25, -0.2) is 0 Å². The molecule has 1 fully saturated rings. The monoisotopic (exact) mass is 202 g/mol. The molecule has 0 bridgehead atoms. The molecule has 1 N–H and O–H groups in total. The molecule has 82 valence electrons. The van der Waals surface area contributed by atoms with Gasteiger partial charge in [-0.2, -0.15) is 0 Å². The SMILES string of the molecule is CC(C)OCCC1(C(=O)O)CCOC1. The Kier molecular flexibility index (Phi) is 3.89. The van der Waals surface area contributed by atoms with Crippen molar-refractivity contribution in [3.8, 4) is 0 Å². The molecule has 1 saturated heterocycles. The predicted molar refractivity (Wildman–Crippen MR) is 51.2 cm³/mol. The Bertz CT molecular complexity index is 194. The Balaban J connectivity index is 2.40. The molecule has 0 spiro atoms. The van der Waals surface area contributed by atoms with Crippen molar-refractivity contribution >= 4 is 5.97 Å². The predicted octanol–water partition coefficient (Wildman–Crippen LogP) is 1.29. The third-order valence-corrected chi connectivity index (χ3v) is 2.59. The van der Waals surface area contributed by atoms with Gasteiger partial charge in [0.2, 0.25) is 0 Å². The maximum Gasteiger partial charge on any atom is 0.312 e. The number of ether oxygens (including phenoxy) is 2. The van der Waals surface area contributed by atoms with E-state index in [1.165, 1.54) is 0 Å². The summed E-state index contributed by atoms with van der Waals surface area (Å²) < 4.78 is 10.5. The zero-order valence-corrected chi connectivity index (χ0v) is 8.78. The average molecular weight is 202 g/mol. The summed E-state index contributed by atoms with van der Waals surface area (Å²) in [5.41, 5.74) is -0.700. The van der Waals surface area contributed by atoms with E-state index >= 15 is 0 Å². The molecule has 1 aliphatic heterocycles. The number of hydrogen-bond acceptors (Lipinski definition) is 3. The van der Waals surface area contributed by atoms with Crippen LogP contribution in [0.4, 0.5) is 0 Å². The van der Waals surface area contributed by atoms with Gasteiger partial charge in [0.15, 0.2) is 0 Å². The lowest BCUT2D eigenvalue weighted by atomic mass is 9.84. The fourth-order valence-corrected chi connectivity index (χ4v) is 1.57. The Morgan fingerprint density at radius 2 is 2.36 bits per heavy atom. The third-order valence-electron chi connectivity index (χ3n) is 2.59. The van der Waals surface area contributed by atoms with Crippen LogP contribution in [0.15, 0.2) is 0 Å². The molecule has 14 heavy (non-hydrogen) atoms. The van der Waals surface area contributed by atoms with Gasteiger partial charge < -0.3 is 14.6 Å². The van der Waals surface area contributed by atoms with Gasteiger partial charge in [0.1, 0.15) is 0 Å². The second kappa shape index (κ2) is 4.75. The van der Waals surface area contributed by atoms with Gasteiger partial charge in [-0.15, -0.1) is 0 Å². The third kappa shape index (κ3) is 2.69. The van der Waals surface area contributed by atoms with Crippen LogP contribution >= 0.6 is 0 Å². The minimum Gasteiger partial charge on any atom is -0.481 e. The second-order valence-electron chi connectivity index (χ2n) is 4.06. The summed E-state index contributed by atoms with van der Waals surface area (Å²) in [7, 11) is 0. The van der Waals surface area contributed by atoms with Gasteiger partial charge in [0, 0.05) is 13.2 Å². The summed E-state index contributed by atoms with van der Waals surface area (Å²) in [4.78, 5) is 11.1. The molecule has 0 saturated carbocycles. The van der Waals surface area contributed by atoms with Gasteiger partial charge in [-0.3, -0.25) is 4.79 Å². The van der Waals surface area contributed by atoms with Crippen LogP contribution < -0.4 is 0 Å². The number of rotatable bonds is 5. The van der Waals surface area contributed by atoms with Crippen LogP contribution in [0.3, 0.4) is 0 Å². The highest BCUT2D eigenvalue weighted by atomic mass is 16.5. The lowest BCUT2D eigenvalue weighted by Gasteiger charge is -2.22. The minimum atomic E-state index is -0.762. The van der Waals surface area contributed by atoms with Gasteiger partial charge >= 0.3 is 5.97 Å². The molecule has 0 aromatic rings. The van der Waals surface area contributed by atoms with E-state index in [2.05, 4.69) is 0 Å². The highest BCUT2D eigenvalue weighted by Gasteiger charge is 2.42. The zero-order chi connectivity index (χ0) is 10.6. The molecule has 1 heterocycles. The fraction of sp³-hybridized carbons (Fsp3) is 0.900. The normalized spacial score (nSPS) is 27.1. The zero-order valence-electron chi connectivity index (χ0n) is 8.78. The molecule has 0 radical (unpaired) electrons. The number of carboxylic acid groups (broad SMARTS) is 1. The van der Waals surface area contributed by atoms with Crippen LogP contribution in [0.1, 0.15) is 26.7 Å². The van der Waals surface area contributed by atoms with Gasteiger partial charge in [0.25, 0.3) is 0 Å². The number of carbonyl (C=O) groups is 1. The van der Waals surface area contributed by atoms with Crippen molar-refractivity contribution in [2.75, 3.05) is 19.8 Å². The fourth-order valence-electron chi connectivity index (χ4n) is 1.57. The van der Waals surface area contributed by atoms with E-state index in [0.717, 1.165) is 0 Å². The molecule has 4 nitrogen and oxygen atoms in total. The van der Waals surface area contributed by atoms with Crippen LogP contribution in [0.25, 0.3) is 0 Å². The summed E-state index contributed by atoms with van der Waals surface area (Å²) in [6.45, 7) is 5.25. The second-order valence-corrected chi connectivity index (χ2v) is 4.06. The largest absolute Gasteiger partial charge is 0.481 e. The van der Waals surface area contributed by atoms with Crippen molar-refractivity contribution in [1.29, 1.82) is 0 Å². The topological polar surface area (TPSA) is 55.8 Å². The number of hydrogen-bond donors (Lipinski definition) is 1. The summed E-state index contributed by atoms with van der Waals surface area (Å²) >= 11 is 0. The maximum absolute atomic E-state index is 11.1. The molecule has 0 aromatic carbocycles. The number of carboxylic acids is 1. The van der Waals surface area contributed by atoms with Crippen molar-refractivity contribution in [3.63, 3.8) is 0 Å². The Labute approximate surface area is 84.2 Å². The first kappa shape index (κ1) is 11.5. The van der Waals surface area contributed by atoms with E-state index in [4.69, 9.17) is 14.6 Å². The number of aliphatic carboxylic acids is 1. The maximum atomic E-state index is 11.1. The van der Waals surface area contributed by atoms with E-state index in [1.54, 1.807) is 0 Å². The van der Waals surface area contributed by atoms with Gasteiger partial charge in [-0.1, -0.05) is 0 Å². The van der Waals surface area contributed by atoms with E-state index in [9.17, 15) is 4.79 Å². The molecular formula is C10H18O4. The van der Waals surface area contributed by atoms with Crippen molar-refractivity contribution in [2.24, 2.45) is 5.41 Å². The van der Waals surface area contributed by atoms with Crippen molar-refractivity contribution in [1.82, 2.24) is 0 Å². The summed E-state index contributed by atoms with van der Waals surface area (Å²) in [6, 6.07) is 0. The van der Waals surface area contributed by atoms with Crippen molar-refractivity contribution in [3.05, 3.63) is 0 Å². The summed E-state index contributed by atoms with van der Waals surface area (Å²) in [5.74, 6) is -0.762. The van der Waals surface area contributed by atoms with E-state index in [0.29, 0.717) is 32.7 Å². The molecule has 4 heteroatoms. The van der Waals surface area contributed by atoms with Crippen LogP contribution in [-0.4, -0.2) is 37.0 Å². The molecule has 1 aliphatic rings. The first-order valence-electron chi connectivity index (χ1n) is 4.99. The molecule has 0 aliphatic carbocycles. The summed E-state index contributed by atoms with van der Waals surface area (Å²) in [6.07, 6.45) is 1.30. The van der Waals surface area contributed by atoms with Crippen LogP contribution in [-0.2, 0) is 14.3 Å². The first-order valence-corrected chi connectivity index (χ1v) is 4.99. The average Bonchev–Trinajstić information content (AvgIpc) is 2.53. The van der Waals surface area contributed by atoms with E-state index in [1.807, 2.05) is 13.8 Å². The minimum absolute atomic E-state index is 0.156. The molecule has 1 unspecified atom stereocenters. The summed E-state index contributed by atoms with van der Waals surface area (Å²) in [5, 5.41) is 9.09. The van der Waals surface area contributed by atoms with Gasteiger partial charge in [0.05, 0.1) is 18.1 Å². The van der Waals surface area contributed by atoms with Crippen LogP contribution in [0.2, 0.25) is 0 Å². The van der Waals surface area contributed by atoms with Crippen molar-refractivity contribution in [2.45, 2.75) is 32.8 Å². The smallest absolute Gasteiger partial charge is 0.312 e. The lowest BCUT2D eigenvalue weighted by Crippen LogP contribution is -2.33. The molecular weight excluding hydrogens is 184 g/mol. The van der Waals surface area contributed by atoms with E-state index < -0.39 is 11.4 Å². The highest BCUT2D eigenvalue weighted by Crippen LogP contribution is 2.32.